The Hall–Kier alpha value is -0.380. The molecule has 0 aromatic heterocycles. The molecule has 0 aromatic rings. The van der Waals surface area contributed by atoms with Gasteiger partial charge in [-0.3, -0.25) is 9.36 Å². The quantitative estimate of drug-likeness (QED) is 0.453. The van der Waals surface area contributed by atoms with E-state index in [9.17, 15) is 9.36 Å². The highest BCUT2D eigenvalue weighted by molar-refractivity contribution is 7.52. The van der Waals surface area contributed by atoms with Crippen molar-refractivity contribution in [2.24, 2.45) is 0 Å². The van der Waals surface area contributed by atoms with Gasteiger partial charge >= 0.3 is 7.60 Å². The Morgan fingerprint density at radius 3 is 2.40 bits per heavy atom. The fourth-order valence-electron chi connectivity index (χ4n) is 0.850. The van der Waals surface area contributed by atoms with Crippen molar-refractivity contribution < 1.29 is 19.1 Å². The number of hydrogen-bond acceptors (Lipinski definition) is 2. The third-order valence-electron chi connectivity index (χ3n) is 1.38. The summed E-state index contributed by atoms with van der Waals surface area (Å²) in [5, 5.41) is 2.19. The lowest BCUT2D eigenvalue weighted by molar-refractivity contribution is -0.119. The van der Waals surface area contributed by atoms with Gasteiger partial charge in [0, 0.05) is 6.42 Å². The van der Waals surface area contributed by atoms with Crippen molar-refractivity contribution in [3.05, 3.63) is 0 Å². The molecule has 0 aliphatic carbocycles. The van der Waals surface area contributed by atoms with Crippen molar-refractivity contribution in [1.29, 1.82) is 0 Å². The zero-order chi connectivity index (χ0) is 7.78. The normalized spacial score (nSPS) is 26.6. The van der Waals surface area contributed by atoms with Crippen LogP contribution in [-0.4, -0.2) is 21.5 Å². The minimum atomic E-state index is -4.08. The molecule has 1 unspecified atom stereocenters. The summed E-state index contributed by atoms with van der Waals surface area (Å²) in [6.45, 7) is 0. The van der Waals surface area contributed by atoms with Gasteiger partial charge in [-0.05, 0) is 6.42 Å². The van der Waals surface area contributed by atoms with Crippen LogP contribution < -0.4 is 5.32 Å². The average molecular weight is 165 g/mol. The molecule has 1 amide bonds. The van der Waals surface area contributed by atoms with Gasteiger partial charge in [0.05, 0.1) is 0 Å². The van der Waals surface area contributed by atoms with Crippen LogP contribution in [0.2, 0.25) is 0 Å². The summed E-state index contributed by atoms with van der Waals surface area (Å²) in [5.74, 6) is -1.23. The molecule has 0 saturated carbocycles. The number of nitrogens with one attached hydrogen (secondary N) is 1. The molecule has 3 N–H and O–H groups in total. The zero-order valence-electron chi connectivity index (χ0n) is 5.15. The van der Waals surface area contributed by atoms with Gasteiger partial charge in [-0.25, -0.2) is 0 Å². The van der Waals surface area contributed by atoms with Gasteiger partial charge in [0.1, 0.15) is 5.78 Å². The molecule has 6 heteroatoms. The Morgan fingerprint density at radius 2 is 2.20 bits per heavy atom. The molecule has 0 spiro atoms. The first-order chi connectivity index (χ1) is 4.50. The minimum absolute atomic E-state index is 0.218. The maximum absolute atomic E-state index is 10.5. The van der Waals surface area contributed by atoms with Crippen LogP contribution in [0.5, 0.6) is 0 Å². The Bertz CT molecular complexity index is 197. The highest BCUT2D eigenvalue weighted by Gasteiger charge is 2.34. The monoisotopic (exact) mass is 165 g/mol. The average Bonchev–Trinajstić information content (AvgIpc) is 2.11. The van der Waals surface area contributed by atoms with Crippen LogP contribution in [0.1, 0.15) is 12.8 Å². The molecule has 1 saturated heterocycles. The molecular weight excluding hydrogens is 157 g/mol. The molecule has 10 heavy (non-hydrogen) atoms. The van der Waals surface area contributed by atoms with Crippen molar-refractivity contribution in [3.63, 3.8) is 0 Å². The first-order valence-corrected chi connectivity index (χ1v) is 4.53. The zero-order valence-corrected chi connectivity index (χ0v) is 6.04. The number of carbonyl (C=O) groups is 1. The third kappa shape index (κ3) is 1.56. The van der Waals surface area contributed by atoms with Gasteiger partial charge in [0.15, 0.2) is 0 Å². The topological polar surface area (TPSA) is 86.6 Å². The van der Waals surface area contributed by atoms with Crippen molar-refractivity contribution in [3.8, 4) is 0 Å². The first kappa shape index (κ1) is 7.72. The fraction of sp³-hybridized carbons (Fsp3) is 0.750. The molecule has 0 aromatic carbocycles. The molecule has 1 fully saturated rings. The molecule has 0 radical (unpaired) electrons. The van der Waals surface area contributed by atoms with Crippen molar-refractivity contribution >= 4 is 13.5 Å². The fourth-order valence-corrected chi connectivity index (χ4v) is 1.63. The van der Waals surface area contributed by atoms with Crippen LogP contribution in [0.3, 0.4) is 0 Å². The van der Waals surface area contributed by atoms with Crippen LogP contribution in [0.4, 0.5) is 0 Å². The van der Waals surface area contributed by atoms with E-state index in [-0.39, 0.29) is 18.7 Å². The van der Waals surface area contributed by atoms with E-state index in [0.29, 0.717) is 0 Å². The summed E-state index contributed by atoms with van der Waals surface area (Å²) < 4.78 is 10.5. The predicted octanol–water partition coefficient (Wildman–Crippen LogP) is -0.600. The Kier molecular flexibility index (Phi) is 1.81. The highest BCUT2D eigenvalue weighted by Crippen LogP contribution is 2.43. The predicted molar refractivity (Wildman–Crippen MR) is 33.2 cm³/mol. The van der Waals surface area contributed by atoms with Crippen molar-refractivity contribution in [2.75, 3.05) is 0 Å². The molecular formula is C4H8NO4P. The molecule has 5 nitrogen and oxygen atoms in total. The molecule has 1 aliphatic heterocycles. The molecule has 1 aliphatic rings. The maximum Gasteiger partial charge on any atom is 0.347 e. The SMILES string of the molecule is O=C1CCC(P(=O)(O)O)N1. The summed E-state index contributed by atoms with van der Waals surface area (Å²) in [6.07, 6.45) is 0.457. The lowest BCUT2D eigenvalue weighted by Gasteiger charge is -2.10. The number of amides is 1. The van der Waals surface area contributed by atoms with Crippen LogP contribution in [0, 0.1) is 0 Å². The summed E-state index contributed by atoms with van der Waals surface area (Å²) in [4.78, 5) is 27.5. The van der Waals surface area contributed by atoms with E-state index >= 15 is 0 Å². The largest absolute Gasteiger partial charge is 0.347 e. The van der Waals surface area contributed by atoms with Crippen LogP contribution >= 0.6 is 7.60 Å². The second kappa shape index (κ2) is 2.34. The van der Waals surface area contributed by atoms with E-state index in [4.69, 9.17) is 9.79 Å². The van der Waals surface area contributed by atoms with Gasteiger partial charge in [-0.2, -0.15) is 0 Å². The second-order valence-electron chi connectivity index (χ2n) is 2.21. The second-order valence-corrected chi connectivity index (χ2v) is 4.01. The Morgan fingerprint density at radius 1 is 1.60 bits per heavy atom. The van der Waals surface area contributed by atoms with E-state index in [1.54, 1.807) is 0 Å². The molecule has 1 atom stereocenters. The van der Waals surface area contributed by atoms with Gasteiger partial charge in [0.2, 0.25) is 5.91 Å². The smallest absolute Gasteiger partial charge is 0.342 e. The summed E-state index contributed by atoms with van der Waals surface area (Å²) >= 11 is 0. The summed E-state index contributed by atoms with van der Waals surface area (Å²) in [5.41, 5.74) is 0. The molecule has 1 rings (SSSR count). The Balaban J connectivity index is 2.62. The third-order valence-corrected chi connectivity index (χ3v) is 2.58. The maximum atomic E-state index is 10.5. The van der Waals surface area contributed by atoms with Crippen LogP contribution in [0.25, 0.3) is 0 Å². The first-order valence-electron chi connectivity index (χ1n) is 2.85. The summed E-state index contributed by atoms with van der Waals surface area (Å²) in [7, 11) is -4.08. The number of carbonyl (C=O) groups excluding carboxylic acids is 1. The van der Waals surface area contributed by atoms with E-state index in [2.05, 4.69) is 5.32 Å². The van der Waals surface area contributed by atoms with E-state index in [0.717, 1.165) is 0 Å². The van der Waals surface area contributed by atoms with Crippen LogP contribution in [0.15, 0.2) is 0 Å². The van der Waals surface area contributed by atoms with Crippen molar-refractivity contribution in [1.82, 2.24) is 5.32 Å². The van der Waals surface area contributed by atoms with Gasteiger partial charge < -0.3 is 15.1 Å². The van der Waals surface area contributed by atoms with E-state index in [1.165, 1.54) is 0 Å². The molecule has 58 valence electrons. The lowest BCUT2D eigenvalue weighted by atomic mass is 10.4. The van der Waals surface area contributed by atoms with Crippen LogP contribution in [-0.2, 0) is 9.36 Å². The van der Waals surface area contributed by atoms with Gasteiger partial charge in [-0.1, -0.05) is 0 Å². The highest BCUT2D eigenvalue weighted by atomic mass is 31.2. The number of rotatable bonds is 1. The lowest BCUT2D eigenvalue weighted by Crippen LogP contribution is -2.24. The standard InChI is InChI=1S/C4H8NO4P/c6-3-1-2-4(5-3)10(7,8)9/h4H,1-2H2,(H,5,6)(H2,7,8,9). The van der Waals surface area contributed by atoms with Gasteiger partial charge in [-0.15, -0.1) is 0 Å². The van der Waals surface area contributed by atoms with E-state index in [1.807, 2.05) is 0 Å². The number of hydrogen-bond donors (Lipinski definition) is 3. The molecule has 0 bridgehead atoms. The minimum Gasteiger partial charge on any atom is -0.342 e. The summed E-state index contributed by atoms with van der Waals surface area (Å²) in [6, 6.07) is 0. The van der Waals surface area contributed by atoms with E-state index < -0.39 is 13.4 Å². The molecule has 1 heterocycles. The van der Waals surface area contributed by atoms with Crippen molar-refractivity contribution in [2.45, 2.75) is 18.6 Å². The van der Waals surface area contributed by atoms with Gasteiger partial charge in [0.25, 0.3) is 0 Å². The Labute approximate surface area is 57.6 Å².